The van der Waals surface area contributed by atoms with Gasteiger partial charge in [-0.15, -0.1) is 0 Å². The third-order valence-electron chi connectivity index (χ3n) is 9.56. The molecule has 0 aromatic heterocycles. The van der Waals surface area contributed by atoms with Crippen LogP contribution < -0.4 is 0 Å². The average molecular weight is 621 g/mol. The molecule has 0 unspecified atom stereocenters. The molecule has 0 rings (SSSR count). The Hall–Kier alpha value is -0.860. The van der Waals surface area contributed by atoms with Gasteiger partial charge in [-0.3, -0.25) is 9.59 Å². The van der Waals surface area contributed by atoms with Crippen LogP contribution in [0.2, 0.25) is 0 Å². The molecule has 44 heavy (non-hydrogen) atoms. The average Bonchev–Trinajstić information content (AvgIpc) is 3.02. The number of rotatable bonds is 37. The van der Waals surface area contributed by atoms with Crippen LogP contribution in [0.15, 0.2) is 0 Å². The molecule has 0 N–H and O–H groups in total. The number of Topliss-reactive ketones (excluding diaryl/α,β-unsaturated/α-hetero) is 1. The van der Waals surface area contributed by atoms with Gasteiger partial charge in [0.1, 0.15) is 5.78 Å². The van der Waals surface area contributed by atoms with Gasteiger partial charge in [0.2, 0.25) is 0 Å². The second-order valence-corrected chi connectivity index (χ2v) is 14.1. The minimum atomic E-state index is -0.00991. The molecule has 0 aliphatic carbocycles. The van der Waals surface area contributed by atoms with Gasteiger partial charge >= 0.3 is 5.97 Å². The van der Waals surface area contributed by atoms with Crippen LogP contribution in [0.4, 0.5) is 0 Å². The SMILES string of the molecule is CCCCCCCCCCCCC(CCCCCCCCCCCC)COC(=O)CCCCCCC(=O)CCCCCCC. The van der Waals surface area contributed by atoms with E-state index < -0.39 is 0 Å². The third-order valence-corrected chi connectivity index (χ3v) is 9.56. The van der Waals surface area contributed by atoms with E-state index in [-0.39, 0.29) is 5.97 Å². The Kier molecular flexibility index (Phi) is 35.9. The number of ketones is 1. The number of carbonyl (C=O) groups is 2. The minimum absolute atomic E-state index is 0.00991. The maximum atomic E-state index is 12.5. The highest BCUT2D eigenvalue weighted by Gasteiger charge is 2.12. The molecule has 0 atom stereocenters. The van der Waals surface area contributed by atoms with Crippen LogP contribution in [0.5, 0.6) is 0 Å². The molecule has 3 nitrogen and oxygen atoms in total. The van der Waals surface area contributed by atoms with E-state index in [0.717, 1.165) is 44.9 Å². The summed E-state index contributed by atoms with van der Waals surface area (Å²) in [5.41, 5.74) is 0. The summed E-state index contributed by atoms with van der Waals surface area (Å²) in [6.07, 6.45) is 41.9. The Balaban J connectivity index is 4.08. The predicted octanol–water partition coefficient (Wildman–Crippen LogP) is 14.0. The molecule has 0 fully saturated rings. The van der Waals surface area contributed by atoms with Gasteiger partial charge in [0.25, 0.3) is 0 Å². The van der Waals surface area contributed by atoms with Crippen molar-refractivity contribution in [3.05, 3.63) is 0 Å². The van der Waals surface area contributed by atoms with Gasteiger partial charge in [-0.1, -0.05) is 188 Å². The maximum Gasteiger partial charge on any atom is 0.305 e. The summed E-state index contributed by atoms with van der Waals surface area (Å²) in [4.78, 5) is 24.6. The van der Waals surface area contributed by atoms with Crippen molar-refractivity contribution in [2.75, 3.05) is 6.61 Å². The first-order valence-corrected chi connectivity index (χ1v) is 20.3. The van der Waals surface area contributed by atoms with Crippen molar-refractivity contribution in [2.45, 2.75) is 239 Å². The van der Waals surface area contributed by atoms with Crippen molar-refractivity contribution >= 4 is 11.8 Å². The zero-order valence-corrected chi connectivity index (χ0v) is 30.6. The van der Waals surface area contributed by atoms with Crippen LogP contribution in [0.3, 0.4) is 0 Å². The largest absolute Gasteiger partial charge is 0.465 e. The number of ether oxygens (including phenoxy) is 1. The number of hydrogen-bond acceptors (Lipinski definition) is 3. The summed E-state index contributed by atoms with van der Waals surface area (Å²) in [6.45, 7) is 7.42. The van der Waals surface area contributed by atoms with E-state index in [2.05, 4.69) is 20.8 Å². The van der Waals surface area contributed by atoms with E-state index in [1.54, 1.807) is 0 Å². The van der Waals surface area contributed by atoms with E-state index >= 15 is 0 Å². The van der Waals surface area contributed by atoms with Crippen molar-refractivity contribution in [1.82, 2.24) is 0 Å². The second kappa shape index (κ2) is 36.6. The summed E-state index contributed by atoms with van der Waals surface area (Å²) in [6, 6.07) is 0. The standard InChI is InChI=1S/C41H80O3/c1-4-7-10-13-15-17-19-21-24-28-33-39(34-29-25-22-20-18-16-14-11-8-5-2)38-44-41(43)37-32-27-26-31-36-40(42)35-30-23-12-9-6-3/h39H,4-38H2,1-3H3. The Morgan fingerprint density at radius 2 is 0.682 bits per heavy atom. The molecule has 262 valence electrons. The molecule has 0 bridgehead atoms. The van der Waals surface area contributed by atoms with E-state index in [9.17, 15) is 9.59 Å². The van der Waals surface area contributed by atoms with Gasteiger partial charge in [0.15, 0.2) is 0 Å². The fourth-order valence-electron chi connectivity index (χ4n) is 6.43. The number of carbonyl (C=O) groups excluding carboxylic acids is 2. The number of esters is 1. The van der Waals surface area contributed by atoms with Crippen molar-refractivity contribution in [3.63, 3.8) is 0 Å². The summed E-state index contributed by atoms with van der Waals surface area (Å²) in [5.74, 6) is 0.955. The molecule has 0 spiro atoms. The zero-order chi connectivity index (χ0) is 32.2. The second-order valence-electron chi connectivity index (χ2n) is 14.1. The Bertz CT molecular complexity index is 562. The van der Waals surface area contributed by atoms with E-state index in [1.165, 1.54) is 167 Å². The molecule has 0 saturated heterocycles. The van der Waals surface area contributed by atoms with E-state index in [0.29, 0.717) is 24.7 Å². The first-order chi connectivity index (χ1) is 21.6. The van der Waals surface area contributed by atoms with Crippen LogP contribution in [0, 0.1) is 5.92 Å². The highest BCUT2D eigenvalue weighted by Crippen LogP contribution is 2.21. The third kappa shape index (κ3) is 34.0. The van der Waals surface area contributed by atoms with Gasteiger partial charge in [-0.05, 0) is 38.0 Å². The van der Waals surface area contributed by atoms with Gasteiger partial charge in [0.05, 0.1) is 6.61 Å². The molecule has 0 radical (unpaired) electrons. The summed E-state index contributed by atoms with van der Waals surface area (Å²) < 4.78 is 5.81. The maximum absolute atomic E-state index is 12.5. The van der Waals surface area contributed by atoms with Gasteiger partial charge < -0.3 is 4.74 Å². The fraction of sp³-hybridized carbons (Fsp3) is 0.951. The molecule has 0 saturated carbocycles. The molecular weight excluding hydrogens is 540 g/mol. The lowest BCUT2D eigenvalue weighted by Gasteiger charge is -2.17. The van der Waals surface area contributed by atoms with Crippen LogP contribution in [-0.4, -0.2) is 18.4 Å². The smallest absolute Gasteiger partial charge is 0.305 e. The number of hydrogen-bond donors (Lipinski definition) is 0. The molecule has 0 amide bonds. The van der Waals surface area contributed by atoms with E-state index in [4.69, 9.17) is 4.74 Å². The van der Waals surface area contributed by atoms with Crippen molar-refractivity contribution in [3.8, 4) is 0 Å². The highest BCUT2D eigenvalue weighted by atomic mass is 16.5. The molecular formula is C41H80O3. The molecule has 0 aromatic rings. The lowest BCUT2D eigenvalue weighted by atomic mass is 9.94. The normalized spacial score (nSPS) is 11.5. The summed E-state index contributed by atoms with van der Waals surface area (Å²) in [5, 5.41) is 0. The Morgan fingerprint density at radius 3 is 1.05 bits per heavy atom. The quantitative estimate of drug-likeness (QED) is 0.0512. The van der Waals surface area contributed by atoms with Crippen LogP contribution in [0.1, 0.15) is 239 Å². The molecule has 3 heteroatoms. The van der Waals surface area contributed by atoms with Crippen LogP contribution >= 0.6 is 0 Å². The molecule has 0 heterocycles. The monoisotopic (exact) mass is 621 g/mol. The molecule has 0 aliphatic rings. The topological polar surface area (TPSA) is 43.4 Å². The molecule has 0 aromatic carbocycles. The summed E-state index contributed by atoms with van der Waals surface area (Å²) in [7, 11) is 0. The minimum Gasteiger partial charge on any atom is -0.465 e. The van der Waals surface area contributed by atoms with Crippen molar-refractivity contribution < 1.29 is 14.3 Å². The lowest BCUT2D eigenvalue weighted by molar-refractivity contribution is -0.145. The Labute approximate surface area is 277 Å². The zero-order valence-electron chi connectivity index (χ0n) is 30.6. The van der Waals surface area contributed by atoms with Gasteiger partial charge in [-0.2, -0.15) is 0 Å². The summed E-state index contributed by atoms with van der Waals surface area (Å²) >= 11 is 0. The first kappa shape index (κ1) is 43.1. The first-order valence-electron chi connectivity index (χ1n) is 20.3. The van der Waals surface area contributed by atoms with Crippen LogP contribution in [0.25, 0.3) is 0 Å². The van der Waals surface area contributed by atoms with Crippen molar-refractivity contribution in [2.24, 2.45) is 5.92 Å². The van der Waals surface area contributed by atoms with Gasteiger partial charge in [0, 0.05) is 19.3 Å². The Morgan fingerprint density at radius 1 is 0.386 bits per heavy atom. The van der Waals surface area contributed by atoms with Gasteiger partial charge in [-0.25, -0.2) is 0 Å². The van der Waals surface area contributed by atoms with Crippen molar-refractivity contribution in [1.29, 1.82) is 0 Å². The van der Waals surface area contributed by atoms with Crippen LogP contribution in [-0.2, 0) is 14.3 Å². The fourth-order valence-corrected chi connectivity index (χ4v) is 6.43. The lowest BCUT2D eigenvalue weighted by Crippen LogP contribution is -2.14. The number of unbranched alkanes of at least 4 members (excludes halogenated alkanes) is 25. The predicted molar refractivity (Wildman–Crippen MR) is 193 cm³/mol. The molecule has 0 aliphatic heterocycles. The highest BCUT2D eigenvalue weighted by molar-refractivity contribution is 5.78. The van der Waals surface area contributed by atoms with E-state index in [1.807, 2.05) is 0 Å².